The molecule has 120 valence electrons. The van der Waals surface area contributed by atoms with E-state index in [-0.39, 0.29) is 12.0 Å². The summed E-state index contributed by atoms with van der Waals surface area (Å²) in [4.78, 5) is 0. The summed E-state index contributed by atoms with van der Waals surface area (Å²) in [6.07, 6.45) is 4.56. The first-order chi connectivity index (χ1) is 9.41. The van der Waals surface area contributed by atoms with Crippen molar-refractivity contribution in [3.63, 3.8) is 0 Å². The van der Waals surface area contributed by atoms with Gasteiger partial charge in [-0.25, -0.2) is 0 Å². The standard InChI is InChI=1S/C15H26ClF3O/c1-2-3-4-13-5-7-14(11-16,8-6-13)9-10-20-12-15(17,18)19/h13H,2-12H2,1H3. The lowest BCUT2D eigenvalue weighted by atomic mass is 9.69. The third kappa shape index (κ3) is 6.66. The van der Waals surface area contributed by atoms with Crippen molar-refractivity contribution in [2.75, 3.05) is 19.1 Å². The molecule has 0 aromatic heterocycles. The number of hydrogen-bond acceptors (Lipinski definition) is 1. The quantitative estimate of drug-likeness (QED) is 0.421. The van der Waals surface area contributed by atoms with E-state index < -0.39 is 12.8 Å². The molecule has 0 aliphatic heterocycles. The molecular formula is C15H26ClF3O. The van der Waals surface area contributed by atoms with Crippen molar-refractivity contribution in [2.45, 2.75) is 64.5 Å². The average molecular weight is 315 g/mol. The summed E-state index contributed by atoms with van der Waals surface area (Å²) < 4.78 is 40.8. The summed E-state index contributed by atoms with van der Waals surface area (Å²) in [6.45, 7) is 1.21. The van der Waals surface area contributed by atoms with Crippen LogP contribution in [0.1, 0.15) is 58.3 Å². The molecule has 20 heavy (non-hydrogen) atoms. The molecule has 1 aliphatic rings. The van der Waals surface area contributed by atoms with Gasteiger partial charge >= 0.3 is 6.18 Å². The van der Waals surface area contributed by atoms with Crippen molar-refractivity contribution in [3.05, 3.63) is 0 Å². The second kappa shape index (κ2) is 8.47. The molecule has 1 fully saturated rings. The largest absolute Gasteiger partial charge is 0.411 e. The van der Waals surface area contributed by atoms with Crippen LogP contribution in [0.4, 0.5) is 13.2 Å². The van der Waals surface area contributed by atoms with Gasteiger partial charge in [-0.1, -0.05) is 26.2 Å². The topological polar surface area (TPSA) is 9.23 Å². The van der Waals surface area contributed by atoms with E-state index in [1.165, 1.54) is 19.3 Å². The highest BCUT2D eigenvalue weighted by molar-refractivity contribution is 6.18. The van der Waals surface area contributed by atoms with Crippen LogP contribution in [0, 0.1) is 11.3 Å². The molecule has 0 saturated heterocycles. The van der Waals surface area contributed by atoms with Crippen LogP contribution in [0.15, 0.2) is 0 Å². The smallest absolute Gasteiger partial charge is 0.372 e. The monoisotopic (exact) mass is 314 g/mol. The summed E-state index contributed by atoms with van der Waals surface area (Å²) >= 11 is 6.08. The molecule has 0 amide bonds. The lowest BCUT2D eigenvalue weighted by Crippen LogP contribution is -2.31. The number of hydrogen-bond donors (Lipinski definition) is 0. The maximum atomic E-state index is 12.0. The summed E-state index contributed by atoms with van der Waals surface area (Å²) in [5.41, 5.74) is -0.00410. The van der Waals surface area contributed by atoms with E-state index in [2.05, 4.69) is 6.92 Å². The minimum absolute atomic E-state index is 0.00410. The fourth-order valence-corrected chi connectivity index (χ4v) is 3.40. The van der Waals surface area contributed by atoms with Gasteiger partial charge in [0.1, 0.15) is 6.61 Å². The minimum Gasteiger partial charge on any atom is -0.372 e. The Bertz CT molecular complexity index is 260. The zero-order chi connectivity index (χ0) is 15.1. The van der Waals surface area contributed by atoms with Crippen molar-refractivity contribution in [1.29, 1.82) is 0 Å². The fourth-order valence-electron chi connectivity index (χ4n) is 3.00. The Labute approximate surface area is 125 Å². The molecule has 1 nitrogen and oxygen atoms in total. The molecule has 0 unspecified atom stereocenters. The van der Waals surface area contributed by atoms with Gasteiger partial charge in [-0.05, 0) is 43.4 Å². The zero-order valence-corrected chi connectivity index (χ0v) is 13.0. The number of alkyl halides is 4. The minimum atomic E-state index is -4.23. The van der Waals surface area contributed by atoms with Crippen molar-refractivity contribution in [1.82, 2.24) is 0 Å². The van der Waals surface area contributed by atoms with Crippen LogP contribution in [-0.4, -0.2) is 25.3 Å². The summed E-state index contributed by atoms with van der Waals surface area (Å²) in [6, 6.07) is 0. The van der Waals surface area contributed by atoms with Gasteiger partial charge in [0, 0.05) is 12.5 Å². The highest BCUT2D eigenvalue weighted by atomic mass is 35.5. The lowest BCUT2D eigenvalue weighted by Gasteiger charge is -2.39. The molecule has 1 aliphatic carbocycles. The first kappa shape index (κ1) is 18.1. The van der Waals surface area contributed by atoms with Crippen LogP contribution in [0.2, 0.25) is 0 Å². The van der Waals surface area contributed by atoms with E-state index in [1.807, 2.05) is 0 Å². The predicted octanol–water partition coefficient (Wildman–Crippen LogP) is 5.56. The first-order valence-corrected chi connectivity index (χ1v) is 8.15. The number of rotatable bonds is 8. The van der Waals surface area contributed by atoms with E-state index >= 15 is 0 Å². The molecule has 0 aromatic carbocycles. The molecule has 0 N–H and O–H groups in total. The molecule has 0 heterocycles. The van der Waals surface area contributed by atoms with Crippen LogP contribution in [-0.2, 0) is 4.74 Å². The molecule has 1 saturated carbocycles. The summed E-state index contributed by atoms with van der Waals surface area (Å²) in [7, 11) is 0. The van der Waals surface area contributed by atoms with Crippen molar-refractivity contribution in [3.8, 4) is 0 Å². The summed E-state index contributed by atoms with van der Waals surface area (Å²) in [5, 5.41) is 0. The van der Waals surface area contributed by atoms with Crippen molar-refractivity contribution < 1.29 is 17.9 Å². The lowest BCUT2D eigenvalue weighted by molar-refractivity contribution is -0.175. The Kier molecular flexibility index (Phi) is 7.67. The maximum Gasteiger partial charge on any atom is 0.411 e. The highest BCUT2D eigenvalue weighted by Crippen LogP contribution is 2.43. The normalized spacial score (nSPS) is 27.8. The molecule has 0 aromatic rings. The Morgan fingerprint density at radius 2 is 1.90 bits per heavy atom. The van der Waals surface area contributed by atoms with Gasteiger partial charge in [0.25, 0.3) is 0 Å². The molecule has 0 bridgehead atoms. The molecule has 1 rings (SSSR count). The van der Waals surface area contributed by atoms with E-state index in [9.17, 15) is 13.2 Å². The van der Waals surface area contributed by atoms with Crippen LogP contribution in [0.5, 0.6) is 0 Å². The molecule has 0 radical (unpaired) electrons. The third-order valence-electron chi connectivity index (χ3n) is 4.46. The highest BCUT2D eigenvalue weighted by Gasteiger charge is 2.35. The molecule has 0 spiro atoms. The van der Waals surface area contributed by atoms with Crippen LogP contribution < -0.4 is 0 Å². The van der Waals surface area contributed by atoms with Gasteiger partial charge in [-0.15, -0.1) is 11.6 Å². The Morgan fingerprint density at radius 1 is 1.25 bits per heavy atom. The Balaban J connectivity index is 2.27. The maximum absolute atomic E-state index is 12.0. The van der Waals surface area contributed by atoms with E-state index in [4.69, 9.17) is 16.3 Å². The van der Waals surface area contributed by atoms with Gasteiger partial charge in [-0.3, -0.25) is 0 Å². The van der Waals surface area contributed by atoms with Gasteiger partial charge in [0.15, 0.2) is 0 Å². The second-order valence-electron chi connectivity index (χ2n) is 6.14. The Morgan fingerprint density at radius 3 is 2.40 bits per heavy atom. The molecular weight excluding hydrogens is 289 g/mol. The van der Waals surface area contributed by atoms with Gasteiger partial charge in [0.05, 0.1) is 0 Å². The van der Waals surface area contributed by atoms with Crippen molar-refractivity contribution >= 4 is 11.6 Å². The van der Waals surface area contributed by atoms with Gasteiger partial charge in [0.2, 0.25) is 0 Å². The van der Waals surface area contributed by atoms with E-state index in [1.54, 1.807) is 0 Å². The van der Waals surface area contributed by atoms with E-state index in [0.717, 1.165) is 31.6 Å². The number of unbranched alkanes of at least 4 members (excludes halogenated alkanes) is 1. The van der Waals surface area contributed by atoms with E-state index in [0.29, 0.717) is 12.3 Å². The number of halogens is 4. The molecule has 5 heteroatoms. The van der Waals surface area contributed by atoms with Crippen LogP contribution in [0.25, 0.3) is 0 Å². The van der Waals surface area contributed by atoms with Crippen LogP contribution in [0.3, 0.4) is 0 Å². The average Bonchev–Trinajstić information content (AvgIpc) is 2.42. The summed E-state index contributed by atoms with van der Waals surface area (Å²) in [5.74, 6) is 1.31. The fraction of sp³-hybridized carbons (Fsp3) is 1.00. The zero-order valence-electron chi connectivity index (χ0n) is 12.3. The third-order valence-corrected chi connectivity index (χ3v) is 5.02. The first-order valence-electron chi connectivity index (χ1n) is 7.61. The van der Waals surface area contributed by atoms with Crippen molar-refractivity contribution in [2.24, 2.45) is 11.3 Å². The van der Waals surface area contributed by atoms with Gasteiger partial charge in [-0.2, -0.15) is 13.2 Å². The van der Waals surface area contributed by atoms with Gasteiger partial charge < -0.3 is 4.74 Å². The van der Waals surface area contributed by atoms with Crippen LogP contribution >= 0.6 is 11.6 Å². The second-order valence-corrected chi connectivity index (χ2v) is 6.40. The SMILES string of the molecule is CCCCC1CCC(CCl)(CCOCC(F)(F)F)CC1. The Hall–Kier alpha value is 0.0400. The molecule has 0 atom stereocenters. The predicted molar refractivity (Wildman–Crippen MR) is 76.1 cm³/mol. The number of ether oxygens (including phenoxy) is 1.